The number of carbonyl (C=O) groups excluding carboxylic acids is 1. The van der Waals surface area contributed by atoms with E-state index in [-0.39, 0.29) is 5.97 Å². The van der Waals surface area contributed by atoms with Crippen LogP contribution in [-0.4, -0.2) is 42.6 Å². The van der Waals surface area contributed by atoms with E-state index in [1.54, 1.807) is 6.92 Å². The number of rotatable bonds is 8. The third kappa shape index (κ3) is 5.41. The van der Waals surface area contributed by atoms with Crippen LogP contribution in [-0.2, 0) is 9.53 Å². The van der Waals surface area contributed by atoms with Gasteiger partial charge in [0, 0.05) is 12.6 Å². The summed E-state index contributed by atoms with van der Waals surface area (Å²) in [5.74, 6) is 0.370. The molecule has 1 fully saturated rings. The summed E-state index contributed by atoms with van der Waals surface area (Å²) in [4.78, 5) is 14.2. The highest BCUT2D eigenvalue weighted by molar-refractivity contribution is 5.79. The van der Waals surface area contributed by atoms with Crippen LogP contribution >= 0.6 is 0 Å². The fourth-order valence-corrected chi connectivity index (χ4v) is 3.15. The molecule has 0 aromatic carbocycles. The lowest BCUT2D eigenvalue weighted by Crippen LogP contribution is -2.46. The number of carbonyl (C=O) groups is 1. The van der Waals surface area contributed by atoms with Crippen molar-refractivity contribution in [3.05, 3.63) is 0 Å². The number of nitrogens with zero attached hydrogens (tertiary/aromatic N) is 1. The molecule has 0 saturated heterocycles. The van der Waals surface area contributed by atoms with E-state index in [0.29, 0.717) is 12.3 Å². The second-order valence-corrected chi connectivity index (χ2v) is 6.84. The van der Waals surface area contributed by atoms with Gasteiger partial charge in [0.2, 0.25) is 0 Å². The van der Waals surface area contributed by atoms with Gasteiger partial charge in [-0.3, -0.25) is 4.79 Å². The molecule has 0 bridgehead atoms. The zero-order valence-electron chi connectivity index (χ0n) is 13.7. The third-order valence-electron chi connectivity index (χ3n) is 4.23. The first-order valence-electron chi connectivity index (χ1n) is 7.98. The van der Waals surface area contributed by atoms with Crippen molar-refractivity contribution in [2.45, 2.75) is 70.9 Å². The first-order valence-corrected chi connectivity index (χ1v) is 7.98. The topological polar surface area (TPSA) is 55.6 Å². The number of hydrogen-bond donors (Lipinski definition) is 1. The summed E-state index contributed by atoms with van der Waals surface area (Å²) in [6.07, 6.45) is 6.99. The lowest BCUT2D eigenvalue weighted by molar-refractivity contribution is -0.146. The average molecular weight is 284 g/mol. The van der Waals surface area contributed by atoms with Crippen LogP contribution in [0.2, 0.25) is 0 Å². The molecule has 0 spiro atoms. The monoisotopic (exact) mass is 284 g/mol. The van der Waals surface area contributed by atoms with Crippen LogP contribution in [0.4, 0.5) is 0 Å². The van der Waals surface area contributed by atoms with Crippen molar-refractivity contribution >= 4 is 5.97 Å². The van der Waals surface area contributed by atoms with Crippen molar-refractivity contribution in [3.8, 4) is 0 Å². The van der Waals surface area contributed by atoms with Crippen LogP contribution in [0.25, 0.3) is 0 Å². The van der Waals surface area contributed by atoms with E-state index in [1.165, 1.54) is 32.8 Å². The summed E-state index contributed by atoms with van der Waals surface area (Å²) in [6.45, 7) is 8.48. The van der Waals surface area contributed by atoms with Crippen LogP contribution in [0.5, 0.6) is 0 Å². The van der Waals surface area contributed by atoms with Crippen LogP contribution in [0.15, 0.2) is 0 Å². The lowest BCUT2D eigenvalue weighted by Gasteiger charge is -2.31. The van der Waals surface area contributed by atoms with Crippen molar-refractivity contribution in [2.75, 3.05) is 20.2 Å². The minimum Gasteiger partial charge on any atom is -0.468 e. The Morgan fingerprint density at radius 3 is 2.50 bits per heavy atom. The van der Waals surface area contributed by atoms with Gasteiger partial charge < -0.3 is 15.4 Å². The number of hydrogen-bond acceptors (Lipinski definition) is 4. The van der Waals surface area contributed by atoms with Gasteiger partial charge in [0.05, 0.1) is 7.11 Å². The van der Waals surface area contributed by atoms with Gasteiger partial charge in [-0.05, 0) is 45.1 Å². The minimum atomic E-state index is -0.853. The fraction of sp³-hybridized carbons (Fsp3) is 0.938. The summed E-state index contributed by atoms with van der Waals surface area (Å²) in [5.41, 5.74) is 5.17. The first-order chi connectivity index (χ1) is 9.36. The van der Waals surface area contributed by atoms with Gasteiger partial charge in [0.15, 0.2) is 0 Å². The van der Waals surface area contributed by atoms with Gasteiger partial charge in [-0.1, -0.05) is 26.7 Å². The molecule has 0 aliphatic heterocycles. The third-order valence-corrected chi connectivity index (χ3v) is 4.23. The largest absolute Gasteiger partial charge is 0.468 e. The summed E-state index contributed by atoms with van der Waals surface area (Å²) in [7, 11) is 1.40. The molecule has 1 rings (SSSR count). The van der Waals surface area contributed by atoms with Crippen molar-refractivity contribution < 1.29 is 9.53 Å². The summed E-state index contributed by atoms with van der Waals surface area (Å²) in [6, 6.07) is 0.736. The van der Waals surface area contributed by atoms with Crippen molar-refractivity contribution in [2.24, 2.45) is 11.7 Å². The van der Waals surface area contributed by atoms with E-state index in [1.807, 2.05) is 0 Å². The first kappa shape index (κ1) is 17.4. The molecule has 0 aromatic heterocycles. The number of ether oxygens (including phenoxy) is 1. The molecule has 1 unspecified atom stereocenters. The molecule has 0 aromatic rings. The average Bonchev–Trinajstić information content (AvgIpc) is 2.89. The summed E-state index contributed by atoms with van der Waals surface area (Å²) >= 11 is 0. The summed E-state index contributed by atoms with van der Waals surface area (Å²) < 4.78 is 4.76. The van der Waals surface area contributed by atoms with E-state index in [9.17, 15) is 4.79 Å². The predicted octanol–water partition coefficient (Wildman–Crippen LogP) is 2.56. The zero-order chi connectivity index (χ0) is 15.2. The molecule has 0 amide bonds. The normalized spacial score (nSPS) is 19.6. The maximum absolute atomic E-state index is 11.6. The quantitative estimate of drug-likeness (QED) is 0.696. The Balaban J connectivity index is 2.43. The van der Waals surface area contributed by atoms with Crippen molar-refractivity contribution in [1.82, 2.24) is 4.90 Å². The summed E-state index contributed by atoms with van der Waals surface area (Å²) in [5, 5.41) is 0. The standard InChI is InChI=1S/C16H32N2O2/c1-13(2)12-18(14-8-5-6-9-14)11-7-10-16(3,17)15(19)20-4/h13-14H,5-12,17H2,1-4H3. The van der Waals surface area contributed by atoms with Crippen molar-refractivity contribution in [3.63, 3.8) is 0 Å². The Labute approximate surface area is 124 Å². The molecule has 2 N–H and O–H groups in total. The Kier molecular flexibility index (Phi) is 6.96. The molecule has 0 radical (unpaired) electrons. The lowest BCUT2D eigenvalue weighted by atomic mass is 9.97. The van der Waals surface area contributed by atoms with Gasteiger partial charge in [-0.15, -0.1) is 0 Å². The van der Waals surface area contributed by atoms with E-state index in [4.69, 9.17) is 10.5 Å². The second-order valence-electron chi connectivity index (χ2n) is 6.84. The van der Waals surface area contributed by atoms with Gasteiger partial charge in [0.25, 0.3) is 0 Å². The number of methoxy groups -OCH3 is 1. The Morgan fingerprint density at radius 1 is 1.40 bits per heavy atom. The molecule has 0 heterocycles. The van der Waals surface area contributed by atoms with E-state index < -0.39 is 5.54 Å². The Hall–Kier alpha value is -0.610. The number of nitrogens with two attached hydrogens (primary N) is 1. The molecule has 1 aliphatic rings. The molecule has 4 nitrogen and oxygen atoms in total. The van der Waals surface area contributed by atoms with E-state index in [2.05, 4.69) is 18.7 Å². The SMILES string of the molecule is COC(=O)C(C)(N)CCCN(CC(C)C)C1CCCC1. The highest BCUT2D eigenvalue weighted by Crippen LogP contribution is 2.25. The maximum Gasteiger partial charge on any atom is 0.325 e. The molecule has 20 heavy (non-hydrogen) atoms. The zero-order valence-corrected chi connectivity index (χ0v) is 13.7. The Morgan fingerprint density at radius 2 is 2.00 bits per heavy atom. The van der Waals surface area contributed by atoms with Crippen LogP contribution in [0.3, 0.4) is 0 Å². The van der Waals surface area contributed by atoms with Crippen LogP contribution < -0.4 is 5.73 Å². The highest BCUT2D eigenvalue weighted by atomic mass is 16.5. The minimum absolute atomic E-state index is 0.311. The molecular weight excluding hydrogens is 252 g/mol. The number of esters is 1. The molecule has 1 saturated carbocycles. The second kappa shape index (κ2) is 7.99. The van der Waals surface area contributed by atoms with Crippen LogP contribution in [0, 0.1) is 5.92 Å². The van der Waals surface area contributed by atoms with Gasteiger partial charge in [-0.25, -0.2) is 0 Å². The molecule has 118 valence electrons. The fourth-order valence-electron chi connectivity index (χ4n) is 3.15. The van der Waals surface area contributed by atoms with Gasteiger partial charge in [-0.2, -0.15) is 0 Å². The van der Waals surface area contributed by atoms with Crippen LogP contribution in [0.1, 0.15) is 59.3 Å². The molecular formula is C16H32N2O2. The van der Waals surface area contributed by atoms with E-state index in [0.717, 1.165) is 25.6 Å². The Bertz CT molecular complexity index is 297. The van der Waals surface area contributed by atoms with Gasteiger partial charge >= 0.3 is 5.97 Å². The highest BCUT2D eigenvalue weighted by Gasteiger charge is 2.30. The van der Waals surface area contributed by atoms with Gasteiger partial charge in [0.1, 0.15) is 5.54 Å². The predicted molar refractivity (Wildman–Crippen MR) is 82.5 cm³/mol. The molecule has 1 aliphatic carbocycles. The van der Waals surface area contributed by atoms with Crippen molar-refractivity contribution in [1.29, 1.82) is 0 Å². The molecule has 1 atom stereocenters. The van der Waals surface area contributed by atoms with E-state index >= 15 is 0 Å². The smallest absolute Gasteiger partial charge is 0.325 e. The maximum atomic E-state index is 11.6. The molecule has 4 heteroatoms.